The van der Waals surface area contributed by atoms with Crippen molar-refractivity contribution in [1.82, 2.24) is 19.6 Å². The Morgan fingerprint density at radius 2 is 2.12 bits per heavy atom. The molecule has 3 aliphatic rings. The third-order valence-electron chi connectivity index (χ3n) is 5.34. The van der Waals surface area contributed by atoms with Gasteiger partial charge < -0.3 is 10.1 Å². The third kappa shape index (κ3) is 2.60. The van der Waals surface area contributed by atoms with E-state index in [0.29, 0.717) is 24.3 Å². The van der Waals surface area contributed by atoms with Gasteiger partial charge in [-0.15, -0.1) is 5.10 Å². The number of aromatic nitrogens is 4. The maximum Gasteiger partial charge on any atom is 0.311 e. The molecule has 2 aromatic rings. The summed E-state index contributed by atoms with van der Waals surface area (Å²) in [5.41, 5.74) is 0.753. The van der Waals surface area contributed by atoms with Crippen molar-refractivity contribution in [2.45, 2.75) is 38.6 Å². The summed E-state index contributed by atoms with van der Waals surface area (Å²) in [5, 5.41) is 7.72. The molecule has 0 radical (unpaired) electrons. The smallest absolute Gasteiger partial charge is 0.311 e. The number of imidazole rings is 1. The van der Waals surface area contributed by atoms with Gasteiger partial charge in [-0.05, 0) is 56.0 Å². The van der Waals surface area contributed by atoms with E-state index in [-0.39, 0.29) is 23.2 Å². The summed E-state index contributed by atoms with van der Waals surface area (Å²) in [6, 6.07) is 0.0150. The minimum absolute atomic E-state index is 0.0150. The van der Waals surface area contributed by atoms with Gasteiger partial charge in [0.25, 0.3) is 0 Å². The van der Waals surface area contributed by atoms with Crippen molar-refractivity contribution < 1.29 is 9.53 Å². The van der Waals surface area contributed by atoms with Crippen LogP contribution in [-0.4, -0.2) is 38.2 Å². The molecule has 3 saturated carbocycles. The predicted octanol–water partition coefficient (Wildman–Crippen LogP) is 2.56. The molecule has 5 rings (SSSR count). The number of hydrogen-bond donors (Lipinski definition) is 1. The molecule has 3 aliphatic carbocycles. The standard InChI is InChI=1S/C16H20ClN5O2/c1-2-24-15(23)12-9-3-5-10(6-4-9)13(12)19-14-11-7-18-8-22(11)21-16(17)20-14/h7-10,12-13H,2-6H2,1H3,(H,19,20,21)/t9?,10?,12-,13-/m1/s1. The molecule has 128 valence electrons. The highest BCUT2D eigenvalue weighted by molar-refractivity contribution is 6.28. The summed E-state index contributed by atoms with van der Waals surface area (Å²) in [4.78, 5) is 20.9. The van der Waals surface area contributed by atoms with Crippen LogP contribution >= 0.6 is 11.6 Å². The maximum atomic E-state index is 12.5. The van der Waals surface area contributed by atoms with Gasteiger partial charge in [-0.3, -0.25) is 4.79 Å². The number of nitrogens with one attached hydrogen (secondary N) is 1. The van der Waals surface area contributed by atoms with E-state index in [0.717, 1.165) is 31.2 Å². The Balaban J connectivity index is 1.67. The monoisotopic (exact) mass is 349 g/mol. The fourth-order valence-corrected chi connectivity index (χ4v) is 4.46. The Bertz CT molecular complexity index is 756. The first kappa shape index (κ1) is 15.6. The molecule has 3 fully saturated rings. The lowest BCUT2D eigenvalue weighted by molar-refractivity contribution is -0.154. The average molecular weight is 350 g/mol. The predicted molar refractivity (Wildman–Crippen MR) is 88.8 cm³/mol. The topological polar surface area (TPSA) is 81.4 Å². The Hall–Kier alpha value is -1.89. The van der Waals surface area contributed by atoms with Crippen LogP contribution in [0.25, 0.3) is 5.52 Å². The van der Waals surface area contributed by atoms with Crippen molar-refractivity contribution >= 4 is 28.9 Å². The van der Waals surface area contributed by atoms with Gasteiger partial charge in [0.2, 0.25) is 5.28 Å². The van der Waals surface area contributed by atoms with Crippen LogP contribution in [0.1, 0.15) is 32.6 Å². The fraction of sp³-hybridized carbons (Fsp3) is 0.625. The van der Waals surface area contributed by atoms with E-state index in [1.165, 1.54) is 0 Å². The summed E-state index contributed by atoms with van der Waals surface area (Å²) < 4.78 is 6.94. The SMILES string of the molecule is CCOC(=O)[C@@H]1C2CCC(CC2)[C@H]1Nc1nc(Cl)nn2cncc12. The number of carbonyl (C=O) groups is 1. The second kappa shape index (κ2) is 6.20. The Morgan fingerprint density at radius 3 is 2.88 bits per heavy atom. The van der Waals surface area contributed by atoms with Crippen LogP contribution in [0.3, 0.4) is 0 Å². The van der Waals surface area contributed by atoms with Crippen LogP contribution < -0.4 is 5.32 Å². The molecule has 1 N–H and O–H groups in total. The molecule has 0 spiro atoms. The highest BCUT2D eigenvalue weighted by Crippen LogP contribution is 2.46. The number of nitrogens with zero attached hydrogens (tertiary/aromatic N) is 4. The van der Waals surface area contributed by atoms with Crippen LogP contribution in [0.5, 0.6) is 0 Å². The van der Waals surface area contributed by atoms with Crippen molar-refractivity contribution in [3.8, 4) is 0 Å². The molecule has 24 heavy (non-hydrogen) atoms. The number of hydrogen-bond acceptors (Lipinski definition) is 6. The molecule has 0 unspecified atom stereocenters. The molecule has 0 aliphatic heterocycles. The molecule has 0 aromatic carbocycles. The number of anilines is 1. The maximum absolute atomic E-state index is 12.5. The molecule has 2 heterocycles. The number of halogens is 1. The van der Waals surface area contributed by atoms with Gasteiger partial charge in [0.05, 0.1) is 18.7 Å². The van der Waals surface area contributed by atoms with Gasteiger partial charge in [0.1, 0.15) is 11.8 Å². The highest BCUT2D eigenvalue weighted by atomic mass is 35.5. The van der Waals surface area contributed by atoms with Crippen LogP contribution in [0.2, 0.25) is 5.28 Å². The summed E-state index contributed by atoms with van der Waals surface area (Å²) in [6.45, 7) is 2.26. The zero-order valence-electron chi connectivity index (χ0n) is 13.5. The molecule has 0 amide bonds. The summed E-state index contributed by atoms with van der Waals surface area (Å²) >= 11 is 6.02. The Morgan fingerprint density at radius 1 is 1.38 bits per heavy atom. The molecule has 8 heteroatoms. The molecule has 2 atom stereocenters. The third-order valence-corrected chi connectivity index (χ3v) is 5.50. The molecule has 2 aromatic heterocycles. The van der Waals surface area contributed by atoms with Crippen LogP contribution in [0.4, 0.5) is 5.82 Å². The number of esters is 1. The number of fused-ring (bicyclic) bond motifs is 4. The van der Waals surface area contributed by atoms with Crippen molar-refractivity contribution in [2.75, 3.05) is 11.9 Å². The van der Waals surface area contributed by atoms with E-state index in [4.69, 9.17) is 16.3 Å². The first-order chi connectivity index (χ1) is 11.7. The summed E-state index contributed by atoms with van der Waals surface area (Å²) in [5.74, 6) is 1.22. The van der Waals surface area contributed by atoms with E-state index < -0.39 is 0 Å². The van der Waals surface area contributed by atoms with Crippen molar-refractivity contribution in [2.24, 2.45) is 17.8 Å². The van der Waals surface area contributed by atoms with Gasteiger partial charge in [0.15, 0.2) is 5.82 Å². The van der Waals surface area contributed by atoms with Crippen molar-refractivity contribution in [3.05, 3.63) is 17.8 Å². The second-order valence-corrected chi connectivity index (χ2v) is 6.91. The average Bonchev–Trinajstić information content (AvgIpc) is 3.04. The lowest BCUT2D eigenvalue weighted by Gasteiger charge is -2.47. The largest absolute Gasteiger partial charge is 0.466 e. The molecule has 0 saturated heterocycles. The first-order valence-electron chi connectivity index (χ1n) is 8.46. The summed E-state index contributed by atoms with van der Waals surface area (Å²) in [6.07, 6.45) is 7.74. The molecule has 7 nitrogen and oxygen atoms in total. The van der Waals surface area contributed by atoms with Gasteiger partial charge in [-0.1, -0.05) is 0 Å². The van der Waals surface area contributed by atoms with Gasteiger partial charge in [0, 0.05) is 6.04 Å². The van der Waals surface area contributed by atoms with E-state index in [1.54, 1.807) is 17.0 Å². The molecular weight excluding hydrogens is 330 g/mol. The van der Waals surface area contributed by atoms with Crippen LogP contribution in [-0.2, 0) is 9.53 Å². The lowest BCUT2D eigenvalue weighted by atomic mass is 9.61. The van der Waals surface area contributed by atoms with Crippen molar-refractivity contribution in [1.29, 1.82) is 0 Å². The minimum Gasteiger partial charge on any atom is -0.466 e. The Labute approximate surface area is 144 Å². The zero-order valence-corrected chi connectivity index (χ0v) is 14.2. The fourth-order valence-electron chi connectivity index (χ4n) is 4.30. The first-order valence-corrected chi connectivity index (χ1v) is 8.84. The highest BCUT2D eigenvalue weighted by Gasteiger charge is 2.48. The van der Waals surface area contributed by atoms with Gasteiger partial charge >= 0.3 is 5.97 Å². The van der Waals surface area contributed by atoms with E-state index >= 15 is 0 Å². The number of ether oxygens (including phenoxy) is 1. The van der Waals surface area contributed by atoms with Gasteiger partial charge in [-0.25, -0.2) is 9.50 Å². The second-order valence-electron chi connectivity index (χ2n) is 6.58. The van der Waals surface area contributed by atoms with Crippen molar-refractivity contribution in [3.63, 3.8) is 0 Å². The van der Waals surface area contributed by atoms with E-state index in [2.05, 4.69) is 20.4 Å². The normalized spacial score (nSPS) is 28.9. The van der Waals surface area contributed by atoms with Crippen LogP contribution in [0.15, 0.2) is 12.5 Å². The Kier molecular flexibility index (Phi) is 4.04. The minimum atomic E-state index is -0.130. The molecule has 2 bridgehead atoms. The van der Waals surface area contributed by atoms with Crippen LogP contribution in [0, 0.1) is 17.8 Å². The molecular formula is C16H20ClN5O2. The van der Waals surface area contributed by atoms with E-state index in [1.807, 2.05) is 6.92 Å². The van der Waals surface area contributed by atoms with Gasteiger partial charge in [-0.2, -0.15) is 4.98 Å². The lowest BCUT2D eigenvalue weighted by Crippen LogP contribution is -2.52. The van der Waals surface area contributed by atoms with E-state index in [9.17, 15) is 4.79 Å². The zero-order chi connectivity index (χ0) is 16.7. The quantitative estimate of drug-likeness (QED) is 0.854. The number of rotatable bonds is 4. The number of carbonyl (C=O) groups excluding carboxylic acids is 1. The summed E-state index contributed by atoms with van der Waals surface area (Å²) in [7, 11) is 0.